The Morgan fingerprint density at radius 3 is 2.50 bits per heavy atom. The van der Waals surface area contributed by atoms with Crippen molar-refractivity contribution in [3.8, 4) is 0 Å². The molecule has 1 rings (SSSR count). The first-order valence-corrected chi connectivity index (χ1v) is 5.27. The van der Waals surface area contributed by atoms with Crippen LogP contribution in [-0.4, -0.2) is 21.8 Å². The van der Waals surface area contributed by atoms with Crippen LogP contribution in [0.15, 0.2) is 18.3 Å². The Hall–Kier alpha value is -1.58. The van der Waals surface area contributed by atoms with Crippen molar-refractivity contribution in [2.75, 3.05) is 0 Å². The summed E-state index contributed by atoms with van der Waals surface area (Å²) in [4.78, 5) is 22.9. The molecule has 0 fully saturated rings. The maximum atomic E-state index is 11.7. The SMILES string of the molecule is CC(=O)c1cccn1CC(=O)NC(C)(C)C. The van der Waals surface area contributed by atoms with Gasteiger partial charge in [0.2, 0.25) is 5.91 Å². The number of carbonyl (C=O) groups excluding carboxylic acids is 2. The van der Waals surface area contributed by atoms with Gasteiger partial charge in [0, 0.05) is 18.7 Å². The molecular formula is C12H18N2O2. The maximum Gasteiger partial charge on any atom is 0.240 e. The lowest BCUT2D eigenvalue weighted by Crippen LogP contribution is -2.42. The van der Waals surface area contributed by atoms with E-state index in [-0.39, 0.29) is 23.8 Å². The molecule has 0 spiro atoms. The van der Waals surface area contributed by atoms with Gasteiger partial charge in [0.15, 0.2) is 5.78 Å². The highest BCUT2D eigenvalue weighted by Crippen LogP contribution is 2.04. The van der Waals surface area contributed by atoms with Gasteiger partial charge >= 0.3 is 0 Å². The van der Waals surface area contributed by atoms with E-state index < -0.39 is 0 Å². The summed E-state index contributed by atoms with van der Waals surface area (Å²) in [6.07, 6.45) is 1.74. The fourth-order valence-electron chi connectivity index (χ4n) is 1.48. The summed E-state index contributed by atoms with van der Waals surface area (Å²) >= 11 is 0. The maximum absolute atomic E-state index is 11.7. The molecule has 0 radical (unpaired) electrons. The molecule has 1 aromatic rings. The zero-order valence-corrected chi connectivity index (χ0v) is 10.2. The molecule has 0 bridgehead atoms. The number of amides is 1. The van der Waals surface area contributed by atoms with Crippen LogP contribution in [0.25, 0.3) is 0 Å². The van der Waals surface area contributed by atoms with Gasteiger partial charge in [0.25, 0.3) is 0 Å². The van der Waals surface area contributed by atoms with Crippen LogP contribution in [0.4, 0.5) is 0 Å². The van der Waals surface area contributed by atoms with Crippen molar-refractivity contribution in [3.63, 3.8) is 0 Å². The van der Waals surface area contributed by atoms with Gasteiger partial charge in [-0.05, 0) is 32.9 Å². The van der Waals surface area contributed by atoms with E-state index in [1.54, 1.807) is 22.9 Å². The van der Waals surface area contributed by atoms with Gasteiger partial charge in [-0.3, -0.25) is 9.59 Å². The Morgan fingerprint density at radius 2 is 2.00 bits per heavy atom. The van der Waals surface area contributed by atoms with Crippen LogP contribution in [0.3, 0.4) is 0 Å². The number of nitrogens with zero attached hydrogens (tertiary/aromatic N) is 1. The number of ketones is 1. The number of nitrogens with one attached hydrogen (secondary N) is 1. The lowest BCUT2D eigenvalue weighted by molar-refractivity contribution is -0.123. The number of hydrogen-bond acceptors (Lipinski definition) is 2. The molecule has 1 heterocycles. The average molecular weight is 222 g/mol. The molecule has 1 amide bonds. The Labute approximate surface area is 95.6 Å². The third-order valence-electron chi connectivity index (χ3n) is 2.02. The Bertz CT molecular complexity index is 399. The summed E-state index contributed by atoms with van der Waals surface area (Å²) in [5.74, 6) is -0.125. The van der Waals surface area contributed by atoms with Gasteiger partial charge in [-0.2, -0.15) is 0 Å². The molecule has 0 aromatic carbocycles. The van der Waals surface area contributed by atoms with Crippen molar-refractivity contribution in [1.82, 2.24) is 9.88 Å². The number of carbonyl (C=O) groups is 2. The minimum atomic E-state index is -0.249. The van der Waals surface area contributed by atoms with Crippen molar-refractivity contribution >= 4 is 11.7 Å². The molecular weight excluding hydrogens is 204 g/mol. The molecule has 0 saturated carbocycles. The summed E-state index contributed by atoms with van der Waals surface area (Å²) in [6.45, 7) is 7.44. The normalized spacial score (nSPS) is 11.2. The van der Waals surface area contributed by atoms with Crippen molar-refractivity contribution < 1.29 is 9.59 Å². The minimum Gasteiger partial charge on any atom is -0.350 e. The molecule has 0 aliphatic heterocycles. The summed E-state index contributed by atoms with van der Waals surface area (Å²) < 4.78 is 1.66. The monoisotopic (exact) mass is 222 g/mol. The van der Waals surface area contributed by atoms with Crippen molar-refractivity contribution in [1.29, 1.82) is 0 Å². The quantitative estimate of drug-likeness (QED) is 0.790. The lowest BCUT2D eigenvalue weighted by atomic mass is 10.1. The summed E-state index contributed by atoms with van der Waals surface area (Å²) in [7, 11) is 0. The molecule has 0 unspecified atom stereocenters. The molecule has 0 atom stereocenters. The minimum absolute atomic E-state index is 0.0337. The van der Waals surface area contributed by atoms with Gasteiger partial charge in [0.05, 0.1) is 5.69 Å². The van der Waals surface area contributed by atoms with Crippen LogP contribution < -0.4 is 5.32 Å². The third-order valence-corrected chi connectivity index (χ3v) is 2.02. The highest BCUT2D eigenvalue weighted by Gasteiger charge is 2.15. The van der Waals surface area contributed by atoms with E-state index in [9.17, 15) is 9.59 Å². The summed E-state index contributed by atoms with van der Waals surface area (Å²) in [6, 6.07) is 3.48. The fourth-order valence-corrected chi connectivity index (χ4v) is 1.48. The number of rotatable bonds is 3. The smallest absolute Gasteiger partial charge is 0.240 e. The Kier molecular flexibility index (Phi) is 3.52. The zero-order valence-electron chi connectivity index (χ0n) is 10.2. The second-order valence-corrected chi connectivity index (χ2v) is 4.88. The van der Waals surface area contributed by atoms with Crippen LogP contribution in [0.5, 0.6) is 0 Å². The predicted molar refractivity (Wildman–Crippen MR) is 62.3 cm³/mol. The molecule has 0 saturated heterocycles. The standard InChI is InChI=1S/C12H18N2O2/c1-9(15)10-6-5-7-14(10)8-11(16)13-12(2,3)4/h5-7H,8H2,1-4H3,(H,13,16). The molecule has 0 aliphatic rings. The van der Waals surface area contributed by atoms with Crippen LogP contribution in [-0.2, 0) is 11.3 Å². The van der Waals surface area contributed by atoms with E-state index in [1.807, 2.05) is 20.8 Å². The van der Waals surface area contributed by atoms with Gasteiger partial charge in [-0.15, -0.1) is 0 Å². The first kappa shape index (κ1) is 12.5. The van der Waals surface area contributed by atoms with Gasteiger partial charge in [0.1, 0.15) is 6.54 Å². The van der Waals surface area contributed by atoms with E-state index in [2.05, 4.69) is 5.32 Å². The number of Topliss-reactive ketones (excluding diaryl/α,β-unsaturated/α-hetero) is 1. The van der Waals surface area contributed by atoms with Crippen molar-refractivity contribution in [2.24, 2.45) is 0 Å². The van der Waals surface area contributed by atoms with E-state index >= 15 is 0 Å². The molecule has 0 aliphatic carbocycles. The second kappa shape index (κ2) is 4.51. The molecule has 88 valence electrons. The second-order valence-electron chi connectivity index (χ2n) is 4.88. The fraction of sp³-hybridized carbons (Fsp3) is 0.500. The molecule has 4 heteroatoms. The molecule has 1 N–H and O–H groups in total. The van der Waals surface area contributed by atoms with Gasteiger partial charge in [-0.1, -0.05) is 0 Å². The first-order valence-electron chi connectivity index (χ1n) is 5.27. The van der Waals surface area contributed by atoms with Crippen LogP contribution in [0, 0.1) is 0 Å². The molecule has 1 aromatic heterocycles. The first-order chi connectivity index (χ1) is 7.29. The van der Waals surface area contributed by atoms with Gasteiger partial charge in [-0.25, -0.2) is 0 Å². The summed E-state index contributed by atoms with van der Waals surface area (Å²) in [5, 5.41) is 2.85. The van der Waals surface area contributed by atoms with Crippen molar-refractivity contribution in [3.05, 3.63) is 24.0 Å². The summed E-state index contributed by atoms with van der Waals surface area (Å²) in [5.41, 5.74) is 0.310. The van der Waals surface area contributed by atoms with Gasteiger partial charge < -0.3 is 9.88 Å². The zero-order chi connectivity index (χ0) is 12.3. The highest BCUT2D eigenvalue weighted by molar-refractivity contribution is 5.93. The van der Waals surface area contributed by atoms with E-state index in [0.717, 1.165) is 0 Å². The van der Waals surface area contributed by atoms with Crippen LogP contribution in [0.2, 0.25) is 0 Å². The van der Waals surface area contributed by atoms with E-state index in [0.29, 0.717) is 5.69 Å². The predicted octanol–water partition coefficient (Wildman–Crippen LogP) is 1.61. The third kappa shape index (κ3) is 3.53. The Balaban J connectivity index is 2.70. The largest absolute Gasteiger partial charge is 0.350 e. The Morgan fingerprint density at radius 1 is 1.38 bits per heavy atom. The molecule has 16 heavy (non-hydrogen) atoms. The average Bonchev–Trinajstić information content (AvgIpc) is 2.47. The number of hydrogen-bond donors (Lipinski definition) is 1. The molecule has 4 nitrogen and oxygen atoms in total. The van der Waals surface area contributed by atoms with Crippen LogP contribution >= 0.6 is 0 Å². The van der Waals surface area contributed by atoms with Crippen molar-refractivity contribution in [2.45, 2.75) is 39.8 Å². The van der Waals surface area contributed by atoms with E-state index in [1.165, 1.54) is 6.92 Å². The topological polar surface area (TPSA) is 51.1 Å². The van der Waals surface area contributed by atoms with E-state index in [4.69, 9.17) is 0 Å². The lowest BCUT2D eigenvalue weighted by Gasteiger charge is -2.21. The highest BCUT2D eigenvalue weighted by atomic mass is 16.2. The number of aromatic nitrogens is 1. The van der Waals surface area contributed by atoms with Crippen LogP contribution in [0.1, 0.15) is 38.2 Å².